The fraction of sp³-hybridized carbons (Fsp3) is 0.333. The minimum absolute atomic E-state index is 0.257. The van der Waals surface area contributed by atoms with Crippen LogP contribution in [-0.2, 0) is 17.6 Å². The number of ether oxygens (including phenoxy) is 1. The molecule has 0 radical (unpaired) electrons. The van der Waals surface area contributed by atoms with Crippen LogP contribution in [0, 0.1) is 0 Å². The van der Waals surface area contributed by atoms with Crippen LogP contribution in [0.5, 0.6) is 0 Å². The summed E-state index contributed by atoms with van der Waals surface area (Å²) >= 11 is 0. The topological polar surface area (TPSA) is 39.2 Å². The molecule has 1 heterocycles. The Morgan fingerprint density at radius 3 is 2.81 bits per heavy atom. The van der Waals surface area contributed by atoms with Crippen molar-refractivity contribution < 1.29 is 9.53 Å². The minimum atomic E-state index is -0.257. The SMILES string of the molecule is CCCc1nc2c(cc1C(=O)OCC)Cc1ccccc1-2. The van der Waals surface area contributed by atoms with Crippen LogP contribution in [-0.4, -0.2) is 17.6 Å². The van der Waals surface area contributed by atoms with Crippen LogP contribution < -0.4 is 0 Å². The molecular weight excluding hydrogens is 262 g/mol. The standard InChI is InChI=1S/C18H19NO2/c1-3-7-16-15(18(20)21-4-2)11-13-10-12-8-5-6-9-14(12)17(13)19-16/h5-6,8-9,11H,3-4,7,10H2,1-2H3. The number of nitrogens with zero attached hydrogens (tertiary/aromatic N) is 1. The van der Waals surface area contributed by atoms with E-state index in [9.17, 15) is 4.79 Å². The first kappa shape index (κ1) is 13.8. The third-order valence-electron chi connectivity index (χ3n) is 3.82. The Kier molecular flexibility index (Phi) is 3.74. The highest BCUT2D eigenvalue weighted by Gasteiger charge is 2.24. The molecule has 0 aliphatic heterocycles. The molecule has 0 spiro atoms. The number of esters is 1. The van der Waals surface area contributed by atoms with Gasteiger partial charge in [0.25, 0.3) is 0 Å². The summed E-state index contributed by atoms with van der Waals surface area (Å²) in [6, 6.07) is 10.3. The van der Waals surface area contributed by atoms with Crippen molar-refractivity contribution in [2.24, 2.45) is 0 Å². The summed E-state index contributed by atoms with van der Waals surface area (Å²) in [6.07, 6.45) is 2.60. The molecule has 1 aromatic carbocycles. The molecule has 1 aliphatic rings. The van der Waals surface area contributed by atoms with Gasteiger partial charge < -0.3 is 4.74 Å². The summed E-state index contributed by atoms with van der Waals surface area (Å²) in [6.45, 7) is 4.31. The maximum atomic E-state index is 12.2. The van der Waals surface area contributed by atoms with Crippen molar-refractivity contribution in [3.63, 3.8) is 0 Å². The van der Waals surface area contributed by atoms with Crippen molar-refractivity contribution >= 4 is 5.97 Å². The van der Waals surface area contributed by atoms with Gasteiger partial charge in [-0.05, 0) is 30.5 Å². The van der Waals surface area contributed by atoms with Gasteiger partial charge >= 0.3 is 5.97 Å². The molecule has 21 heavy (non-hydrogen) atoms. The monoisotopic (exact) mass is 281 g/mol. The number of carbonyl (C=O) groups excluding carboxylic acids is 1. The molecule has 0 amide bonds. The predicted octanol–water partition coefficient (Wildman–Crippen LogP) is 3.78. The molecule has 1 aliphatic carbocycles. The Morgan fingerprint density at radius 2 is 2.05 bits per heavy atom. The number of benzene rings is 1. The molecule has 0 saturated heterocycles. The fourth-order valence-electron chi connectivity index (χ4n) is 2.88. The zero-order valence-corrected chi connectivity index (χ0v) is 12.5. The van der Waals surface area contributed by atoms with Gasteiger partial charge in [0.15, 0.2) is 0 Å². The molecule has 108 valence electrons. The quantitative estimate of drug-likeness (QED) is 0.683. The first-order valence-electron chi connectivity index (χ1n) is 7.52. The average molecular weight is 281 g/mol. The van der Waals surface area contributed by atoms with Gasteiger partial charge in [-0.1, -0.05) is 37.6 Å². The van der Waals surface area contributed by atoms with Crippen LogP contribution in [0.3, 0.4) is 0 Å². The van der Waals surface area contributed by atoms with E-state index in [1.165, 1.54) is 11.1 Å². The van der Waals surface area contributed by atoms with Crippen LogP contribution in [0.2, 0.25) is 0 Å². The van der Waals surface area contributed by atoms with Gasteiger partial charge in [-0.25, -0.2) is 4.79 Å². The second kappa shape index (κ2) is 5.68. The maximum Gasteiger partial charge on any atom is 0.339 e. The highest BCUT2D eigenvalue weighted by atomic mass is 16.5. The number of aromatic nitrogens is 1. The third-order valence-corrected chi connectivity index (χ3v) is 3.82. The second-order valence-electron chi connectivity index (χ2n) is 5.29. The Bertz CT molecular complexity index is 692. The van der Waals surface area contributed by atoms with Crippen LogP contribution in [0.25, 0.3) is 11.3 Å². The first-order valence-corrected chi connectivity index (χ1v) is 7.52. The second-order valence-corrected chi connectivity index (χ2v) is 5.29. The minimum Gasteiger partial charge on any atom is -0.462 e. The van der Waals surface area contributed by atoms with Gasteiger partial charge in [0, 0.05) is 12.0 Å². The summed E-state index contributed by atoms with van der Waals surface area (Å²) in [4.78, 5) is 16.9. The number of hydrogen-bond donors (Lipinski definition) is 0. The lowest BCUT2D eigenvalue weighted by molar-refractivity contribution is 0.0524. The van der Waals surface area contributed by atoms with Crippen molar-refractivity contribution in [2.45, 2.75) is 33.1 Å². The molecule has 0 saturated carbocycles. The number of hydrogen-bond acceptors (Lipinski definition) is 3. The summed E-state index contributed by atoms with van der Waals surface area (Å²) in [7, 11) is 0. The van der Waals surface area contributed by atoms with Crippen molar-refractivity contribution in [3.05, 3.63) is 52.7 Å². The molecule has 0 atom stereocenters. The number of fused-ring (bicyclic) bond motifs is 3. The average Bonchev–Trinajstić information content (AvgIpc) is 2.85. The van der Waals surface area contributed by atoms with Crippen molar-refractivity contribution in [2.75, 3.05) is 6.61 Å². The van der Waals surface area contributed by atoms with Gasteiger partial charge in [-0.3, -0.25) is 4.98 Å². The van der Waals surface area contributed by atoms with Crippen molar-refractivity contribution in [1.82, 2.24) is 4.98 Å². The molecule has 3 heteroatoms. The first-order chi connectivity index (χ1) is 10.2. The highest BCUT2D eigenvalue weighted by molar-refractivity contribution is 5.92. The molecular formula is C18H19NO2. The number of aryl methyl sites for hydroxylation is 1. The number of rotatable bonds is 4. The van der Waals surface area contributed by atoms with E-state index in [1.54, 1.807) is 0 Å². The molecule has 0 bridgehead atoms. The van der Waals surface area contributed by atoms with Gasteiger partial charge in [0.2, 0.25) is 0 Å². The predicted molar refractivity (Wildman–Crippen MR) is 82.4 cm³/mol. The van der Waals surface area contributed by atoms with E-state index in [2.05, 4.69) is 19.1 Å². The Balaban J connectivity index is 2.10. The molecule has 2 aromatic rings. The zero-order chi connectivity index (χ0) is 14.8. The van der Waals surface area contributed by atoms with E-state index < -0.39 is 0 Å². The van der Waals surface area contributed by atoms with Gasteiger partial charge in [0.05, 0.1) is 23.6 Å². The Morgan fingerprint density at radius 1 is 1.24 bits per heavy atom. The summed E-state index contributed by atoms with van der Waals surface area (Å²) in [5.74, 6) is -0.257. The van der Waals surface area contributed by atoms with E-state index in [4.69, 9.17) is 9.72 Å². The van der Waals surface area contributed by atoms with E-state index in [0.717, 1.165) is 36.2 Å². The summed E-state index contributed by atoms with van der Waals surface area (Å²) in [5.41, 5.74) is 6.11. The van der Waals surface area contributed by atoms with Crippen molar-refractivity contribution in [1.29, 1.82) is 0 Å². The summed E-state index contributed by atoms with van der Waals surface area (Å²) in [5, 5.41) is 0. The van der Waals surface area contributed by atoms with Crippen LogP contribution in [0.1, 0.15) is 47.4 Å². The Labute approximate surface area is 125 Å². The zero-order valence-electron chi connectivity index (χ0n) is 12.5. The highest BCUT2D eigenvalue weighted by Crippen LogP contribution is 2.36. The molecule has 0 N–H and O–H groups in total. The molecule has 3 rings (SSSR count). The van der Waals surface area contributed by atoms with Crippen LogP contribution >= 0.6 is 0 Å². The lowest BCUT2D eigenvalue weighted by Gasteiger charge is -2.10. The molecule has 3 nitrogen and oxygen atoms in total. The lowest BCUT2D eigenvalue weighted by Crippen LogP contribution is -2.11. The van der Waals surface area contributed by atoms with E-state index in [0.29, 0.717) is 12.2 Å². The fourth-order valence-corrected chi connectivity index (χ4v) is 2.88. The third kappa shape index (κ3) is 2.44. The van der Waals surface area contributed by atoms with Crippen LogP contribution in [0.15, 0.2) is 30.3 Å². The maximum absolute atomic E-state index is 12.2. The molecule has 1 aromatic heterocycles. The van der Waals surface area contributed by atoms with Crippen LogP contribution in [0.4, 0.5) is 0 Å². The lowest BCUT2D eigenvalue weighted by atomic mass is 10.0. The van der Waals surface area contributed by atoms with Crippen molar-refractivity contribution in [3.8, 4) is 11.3 Å². The number of pyridine rings is 1. The summed E-state index contributed by atoms with van der Waals surface area (Å²) < 4.78 is 5.17. The number of carbonyl (C=O) groups is 1. The molecule has 0 unspecified atom stereocenters. The largest absolute Gasteiger partial charge is 0.462 e. The van der Waals surface area contributed by atoms with Gasteiger partial charge in [-0.15, -0.1) is 0 Å². The smallest absolute Gasteiger partial charge is 0.339 e. The van der Waals surface area contributed by atoms with Gasteiger partial charge in [-0.2, -0.15) is 0 Å². The Hall–Kier alpha value is -2.16. The van der Waals surface area contributed by atoms with E-state index in [-0.39, 0.29) is 5.97 Å². The van der Waals surface area contributed by atoms with E-state index >= 15 is 0 Å². The normalized spacial score (nSPS) is 11.9. The van der Waals surface area contributed by atoms with Gasteiger partial charge in [0.1, 0.15) is 0 Å². The molecule has 0 fully saturated rings. The van der Waals surface area contributed by atoms with E-state index in [1.807, 2.05) is 25.1 Å².